The Morgan fingerprint density at radius 2 is 2.10 bits per heavy atom. The fraction of sp³-hybridized carbons (Fsp3) is 0.364. The molecule has 3 heterocycles. The molecule has 7 nitrogen and oxygen atoms in total. The molecule has 0 bridgehead atoms. The molecule has 5 rings (SSSR count). The summed E-state index contributed by atoms with van der Waals surface area (Å²) in [5.74, 6) is 2.79. The van der Waals surface area contributed by atoms with Crippen molar-refractivity contribution >= 4 is 28.7 Å². The summed E-state index contributed by atoms with van der Waals surface area (Å²) in [4.78, 5) is 22.8. The summed E-state index contributed by atoms with van der Waals surface area (Å²) in [7, 11) is 1.64. The standard InChI is InChI=1S/C22H23N3O4S/c1-27-15-5-6-16-17(12-15)24-22(23-16)30-13-21(26)25-8-2-3-18(25)14-4-7-19-20(11-14)29-10-9-28-19/h4-7,11-12,18H,2-3,8-10,13H2,1H3,(H,23,24). The number of thioether (sulfide) groups is 1. The van der Waals surface area contributed by atoms with E-state index in [2.05, 4.69) is 9.97 Å². The van der Waals surface area contributed by atoms with Crippen molar-refractivity contribution < 1.29 is 19.0 Å². The molecule has 2 aliphatic rings. The average molecular weight is 426 g/mol. The zero-order valence-electron chi connectivity index (χ0n) is 16.7. The number of aromatic amines is 1. The normalized spacial score (nSPS) is 18.0. The van der Waals surface area contributed by atoms with Crippen molar-refractivity contribution in [3.63, 3.8) is 0 Å². The summed E-state index contributed by atoms with van der Waals surface area (Å²) in [6.07, 6.45) is 1.96. The highest BCUT2D eigenvalue weighted by atomic mass is 32.2. The molecule has 1 unspecified atom stereocenters. The average Bonchev–Trinajstić information content (AvgIpc) is 3.43. The highest BCUT2D eigenvalue weighted by molar-refractivity contribution is 7.99. The number of methoxy groups -OCH3 is 1. The zero-order valence-corrected chi connectivity index (χ0v) is 17.5. The Morgan fingerprint density at radius 3 is 2.97 bits per heavy atom. The number of nitrogens with one attached hydrogen (secondary N) is 1. The molecule has 156 valence electrons. The molecule has 1 fully saturated rings. The van der Waals surface area contributed by atoms with Crippen molar-refractivity contribution in [1.29, 1.82) is 0 Å². The molecule has 3 aromatic rings. The number of carbonyl (C=O) groups excluding carboxylic acids is 1. The van der Waals surface area contributed by atoms with E-state index in [0.717, 1.165) is 58.4 Å². The van der Waals surface area contributed by atoms with Crippen LogP contribution in [0, 0.1) is 0 Å². The summed E-state index contributed by atoms with van der Waals surface area (Å²) in [6.45, 7) is 1.91. The maximum absolute atomic E-state index is 13.0. The number of hydrogen-bond acceptors (Lipinski definition) is 6. The summed E-state index contributed by atoms with van der Waals surface area (Å²) < 4.78 is 16.6. The number of benzene rings is 2. The summed E-state index contributed by atoms with van der Waals surface area (Å²) in [6, 6.07) is 11.8. The number of nitrogens with zero attached hydrogens (tertiary/aromatic N) is 2. The van der Waals surface area contributed by atoms with Gasteiger partial charge in [0, 0.05) is 12.6 Å². The Kier molecular flexibility index (Phi) is 5.16. The largest absolute Gasteiger partial charge is 0.497 e. The van der Waals surface area contributed by atoms with Gasteiger partial charge in [0.1, 0.15) is 19.0 Å². The number of carbonyl (C=O) groups is 1. The second-order valence-electron chi connectivity index (χ2n) is 7.36. The van der Waals surface area contributed by atoms with Crippen LogP contribution in [0.2, 0.25) is 0 Å². The monoisotopic (exact) mass is 425 g/mol. The fourth-order valence-corrected chi connectivity index (χ4v) is 4.82. The first-order valence-electron chi connectivity index (χ1n) is 10.1. The molecule has 30 heavy (non-hydrogen) atoms. The molecule has 2 aliphatic heterocycles. The lowest BCUT2D eigenvalue weighted by Gasteiger charge is -2.26. The number of hydrogen-bond donors (Lipinski definition) is 1. The van der Waals surface area contributed by atoms with Gasteiger partial charge in [-0.3, -0.25) is 4.79 Å². The van der Waals surface area contributed by atoms with Gasteiger partial charge < -0.3 is 24.1 Å². The van der Waals surface area contributed by atoms with Gasteiger partial charge in [0.05, 0.1) is 29.9 Å². The van der Waals surface area contributed by atoms with Crippen LogP contribution in [0.4, 0.5) is 0 Å². The van der Waals surface area contributed by atoms with Crippen molar-refractivity contribution in [1.82, 2.24) is 14.9 Å². The van der Waals surface area contributed by atoms with E-state index in [4.69, 9.17) is 14.2 Å². The molecule has 0 radical (unpaired) electrons. The number of ether oxygens (including phenoxy) is 3. The van der Waals surface area contributed by atoms with E-state index in [1.807, 2.05) is 41.3 Å². The highest BCUT2D eigenvalue weighted by Crippen LogP contribution is 2.38. The van der Waals surface area contributed by atoms with Gasteiger partial charge in [-0.2, -0.15) is 0 Å². The van der Waals surface area contributed by atoms with Gasteiger partial charge in [0.2, 0.25) is 5.91 Å². The number of amides is 1. The Morgan fingerprint density at radius 1 is 1.23 bits per heavy atom. The minimum atomic E-state index is 0.0776. The number of H-pyrrole nitrogens is 1. The minimum Gasteiger partial charge on any atom is -0.497 e. The number of imidazole rings is 1. The highest BCUT2D eigenvalue weighted by Gasteiger charge is 2.31. The van der Waals surface area contributed by atoms with E-state index in [-0.39, 0.29) is 11.9 Å². The van der Waals surface area contributed by atoms with Crippen LogP contribution in [0.3, 0.4) is 0 Å². The smallest absolute Gasteiger partial charge is 0.233 e. The van der Waals surface area contributed by atoms with Crippen LogP contribution in [-0.2, 0) is 4.79 Å². The summed E-state index contributed by atoms with van der Waals surface area (Å²) in [5.41, 5.74) is 2.87. The predicted octanol–water partition coefficient (Wildman–Crippen LogP) is 3.80. The van der Waals surface area contributed by atoms with Gasteiger partial charge >= 0.3 is 0 Å². The lowest BCUT2D eigenvalue weighted by Crippen LogP contribution is -2.32. The molecule has 1 amide bonds. The second kappa shape index (κ2) is 8.10. The van der Waals surface area contributed by atoms with Crippen molar-refractivity contribution in [3.8, 4) is 17.2 Å². The SMILES string of the molecule is COc1ccc2nc(SCC(=O)N3CCCC3c3ccc4c(c3)OCCO4)[nH]c2c1. The second-order valence-corrected chi connectivity index (χ2v) is 8.33. The van der Waals surface area contributed by atoms with Crippen LogP contribution in [0.1, 0.15) is 24.4 Å². The Bertz CT molecular complexity index is 1080. The summed E-state index contributed by atoms with van der Waals surface area (Å²) >= 11 is 1.43. The van der Waals surface area contributed by atoms with Crippen LogP contribution in [0.15, 0.2) is 41.6 Å². The fourth-order valence-electron chi connectivity index (χ4n) is 4.05. The first-order valence-corrected chi connectivity index (χ1v) is 11.1. The van der Waals surface area contributed by atoms with Crippen molar-refractivity contribution in [2.75, 3.05) is 32.6 Å². The van der Waals surface area contributed by atoms with Crippen molar-refractivity contribution in [2.45, 2.75) is 24.0 Å². The number of fused-ring (bicyclic) bond motifs is 2. The van der Waals surface area contributed by atoms with Crippen LogP contribution >= 0.6 is 11.8 Å². The molecule has 0 aliphatic carbocycles. The van der Waals surface area contributed by atoms with Gasteiger partial charge in [0.15, 0.2) is 16.7 Å². The first-order chi connectivity index (χ1) is 14.7. The molecular formula is C22H23N3O4S. The van der Waals surface area contributed by atoms with E-state index < -0.39 is 0 Å². The maximum Gasteiger partial charge on any atom is 0.233 e. The quantitative estimate of drug-likeness (QED) is 0.627. The molecule has 1 saturated heterocycles. The van der Waals surface area contributed by atoms with E-state index in [1.165, 1.54) is 11.8 Å². The van der Waals surface area contributed by atoms with Gasteiger partial charge in [-0.05, 0) is 42.7 Å². The van der Waals surface area contributed by atoms with Crippen LogP contribution in [0.25, 0.3) is 11.0 Å². The maximum atomic E-state index is 13.0. The molecular weight excluding hydrogens is 402 g/mol. The van der Waals surface area contributed by atoms with Crippen molar-refractivity contribution in [2.24, 2.45) is 0 Å². The third kappa shape index (κ3) is 3.67. The molecule has 1 atom stereocenters. The number of aromatic nitrogens is 2. The molecule has 1 aromatic heterocycles. The summed E-state index contributed by atoms with van der Waals surface area (Å²) in [5, 5.41) is 0.738. The van der Waals surface area contributed by atoms with E-state index in [0.29, 0.717) is 19.0 Å². The van der Waals surface area contributed by atoms with Crippen molar-refractivity contribution in [3.05, 3.63) is 42.0 Å². The number of rotatable bonds is 5. The third-order valence-electron chi connectivity index (χ3n) is 5.52. The van der Waals surface area contributed by atoms with E-state index in [9.17, 15) is 4.79 Å². The third-order valence-corrected chi connectivity index (χ3v) is 6.38. The molecule has 8 heteroatoms. The Hall–Kier alpha value is -2.87. The van der Waals surface area contributed by atoms with Gasteiger partial charge in [-0.15, -0.1) is 0 Å². The Labute approximate surface area is 178 Å². The molecule has 1 N–H and O–H groups in total. The number of likely N-dealkylation sites (tertiary alicyclic amines) is 1. The van der Waals surface area contributed by atoms with Crippen LogP contribution < -0.4 is 14.2 Å². The van der Waals surface area contributed by atoms with Crippen LogP contribution in [-0.4, -0.2) is 53.4 Å². The van der Waals surface area contributed by atoms with Gasteiger partial charge in [-0.1, -0.05) is 17.8 Å². The lowest BCUT2D eigenvalue weighted by atomic mass is 10.0. The molecule has 2 aromatic carbocycles. The van der Waals surface area contributed by atoms with Crippen LogP contribution in [0.5, 0.6) is 17.2 Å². The topological polar surface area (TPSA) is 76.7 Å². The van der Waals surface area contributed by atoms with Gasteiger partial charge in [0.25, 0.3) is 0 Å². The van der Waals surface area contributed by atoms with E-state index in [1.54, 1.807) is 7.11 Å². The minimum absolute atomic E-state index is 0.0776. The zero-order chi connectivity index (χ0) is 20.5. The first kappa shape index (κ1) is 19.1. The van der Waals surface area contributed by atoms with Gasteiger partial charge in [-0.25, -0.2) is 4.98 Å². The molecule has 0 spiro atoms. The predicted molar refractivity (Wildman–Crippen MR) is 114 cm³/mol. The molecule has 0 saturated carbocycles. The lowest BCUT2D eigenvalue weighted by molar-refractivity contribution is -0.129. The van der Waals surface area contributed by atoms with E-state index >= 15 is 0 Å². The Balaban J connectivity index is 1.27.